The van der Waals surface area contributed by atoms with Crippen molar-refractivity contribution in [2.75, 3.05) is 76.7 Å². The molecule has 3 N–H and O–H groups in total. The number of nitrogens with zero attached hydrogens (tertiary/aromatic N) is 4. The van der Waals surface area contributed by atoms with Gasteiger partial charge >= 0.3 is 0 Å². The van der Waals surface area contributed by atoms with Crippen LogP contribution in [-0.2, 0) is 43.5 Å². The lowest BCUT2D eigenvalue weighted by atomic mass is 9.63. The number of ether oxygens (including phenoxy) is 2. The standard InChI is InChI=1S/C49H66ClN5O8S2/c1-35(36(2)64(58)59)10-9-21-49(62-3,34-52-23-24-53-25-26-55(32-42(53)31-52)47(56)20-27-65(60,61)43-12-5-4-6-13-43)44-18-15-39(44)30-54-22-8-7-11-37-28-41(50)17-14-40(37)33-63-46-19-16-38(48(51)57)29-45(46)54/h4-6,9,12-14,16-17,19,21,28-29,35-36,39,42,44H,7-8,10-11,15,18,20,22-27,30-34H2,1-3H3,(H2,51,57)(H,58,59)/b21-9+/t35?,36-,39+,42?,44-,49?/m1/s1. The first kappa shape index (κ1) is 49.1. The summed E-state index contributed by atoms with van der Waals surface area (Å²) in [7, 11) is -1.79. The van der Waals surface area contributed by atoms with Crippen LogP contribution in [-0.4, -0.2) is 132 Å². The lowest BCUT2D eigenvalue weighted by molar-refractivity contribution is -0.136. The summed E-state index contributed by atoms with van der Waals surface area (Å²) in [5.74, 6) is 0.144. The Kier molecular flexibility index (Phi) is 16.5. The lowest BCUT2D eigenvalue weighted by Crippen LogP contribution is -2.65. The Morgan fingerprint density at radius 1 is 1.00 bits per heavy atom. The van der Waals surface area contributed by atoms with Gasteiger partial charge in [-0.25, -0.2) is 12.6 Å². The molecule has 3 aromatic rings. The maximum absolute atomic E-state index is 13.5. The fraction of sp³-hybridized carbons (Fsp3) is 0.551. The summed E-state index contributed by atoms with van der Waals surface area (Å²) < 4.78 is 61.2. The lowest BCUT2D eigenvalue weighted by Gasteiger charge is -2.53. The monoisotopic (exact) mass is 951 g/mol. The van der Waals surface area contributed by atoms with E-state index in [0.717, 1.165) is 76.1 Å². The normalized spacial score (nSPS) is 23.4. The summed E-state index contributed by atoms with van der Waals surface area (Å²) in [5, 5.41) is 0.312. The summed E-state index contributed by atoms with van der Waals surface area (Å²) >= 11 is 4.49. The first-order valence-electron chi connectivity index (χ1n) is 23.1. The molecule has 3 heterocycles. The van der Waals surface area contributed by atoms with Crippen molar-refractivity contribution < 1.29 is 36.2 Å². The Labute approximate surface area is 392 Å². The van der Waals surface area contributed by atoms with Gasteiger partial charge in [0, 0.05) is 89.1 Å². The zero-order chi connectivity index (χ0) is 46.3. The fourth-order valence-corrected chi connectivity index (χ4v) is 12.1. The molecule has 13 nitrogen and oxygen atoms in total. The predicted octanol–water partition coefficient (Wildman–Crippen LogP) is 6.46. The number of amides is 2. The second-order valence-electron chi connectivity index (χ2n) is 18.5. The summed E-state index contributed by atoms with van der Waals surface area (Å²) in [6.07, 6.45) is 9.56. The number of carbonyl (C=O) groups excluding carboxylic acids is 2. The van der Waals surface area contributed by atoms with Crippen LogP contribution in [0.4, 0.5) is 5.69 Å². The summed E-state index contributed by atoms with van der Waals surface area (Å²) in [5.41, 5.74) is 8.68. The number of anilines is 1. The van der Waals surface area contributed by atoms with Gasteiger partial charge in [0.1, 0.15) is 18.0 Å². The average Bonchev–Trinajstić information content (AvgIpc) is 3.32. The van der Waals surface area contributed by atoms with Gasteiger partial charge in [0.05, 0.1) is 21.6 Å². The number of primary amides is 1. The van der Waals surface area contributed by atoms with Crippen molar-refractivity contribution in [3.63, 3.8) is 0 Å². The van der Waals surface area contributed by atoms with E-state index in [1.165, 1.54) is 5.56 Å². The number of allylic oxidation sites excluding steroid dienone is 1. The van der Waals surface area contributed by atoms with E-state index in [2.05, 4.69) is 26.9 Å². The van der Waals surface area contributed by atoms with Crippen molar-refractivity contribution in [2.45, 2.75) is 87.2 Å². The third kappa shape index (κ3) is 12.0. The van der Waals surface area contributed by atoms with Crippen LogP contribution >= 0.6 is 11.6 Å². The van der Waals surface area contributed by atoms with E-state index in [1.807, 2.05) is 42.2 Å². The summed E-state index contributed by atoms with van der Waals surface area (Å²) in [6, 6.07) is 19.8. The quantitative estimate of drug-likeness (QED) is 0.120. The van der Waals surface area contributed by atoms with E-state index in [1.54, 1.807) is 50.4 Å². The van der Waals surface area contributed by atoms with Gasteiger partial charge in [-0.3, -0.25) is 19.4 Å². The van der Waals surface area contributed by atoms with E-state index in [0.29, 0.717) is 55.5 Å². The SMILES string of the molecule is COC(/C=C/CC(C)[C@@H](C)S(=O)O)(CN1CCN2CCN(C(=O)CCS(=O)(=O)c3ccccc3)CC2C1)[C@@H]1CC[C@H]1CN1CCCCc2cc(Cl)ccc2COc2ccc(C(N)=O)cc21. The Morgan fingerprint density at radius 3 is 2.51 bits per heavy atom. The molecular weight excluding hydrogens is 886 g/mol. The van der Waals surface area contributed by atoms with Crippen LogP contribution in [0.15, 0.2) is 83.8 Å². The second-order valence-corrected chi connectivity index (χ2v) is 22.3. The van der Waals surface area contributed by atoms with Gasteiger partial charge < -0.3 is 29.6 Å². The number of aryl methyl sites for hydroxylation is 1. The van der Waals surface area contributed by atoms with Crippen molar-refractivity contribution in [3.8, 4) is 5.75 Å². The first-order valence-corrected chi connectivity index (χ1v) is 26.3. The Morgan fingerprint density at radius 2 is 1.78 bits per heavy atom. The smallest absolute Gasteiger partial charge is 0.248 e. The molecule has 2 amide bonds. The zero-order valence-corrected chi connectivity index (χ0v) is 40.4. The molecule has 0 radical (unpaired) electrons. The van der Waals surface area contributed by atoms with Crippen molar-refractivity contribution in [1.29, 1.82) is 0 Å². The van der Waals surface area contributed by atoms with Crippen molar-refractivity contribution in [1.82, 2.24) is 14.7 Å². The third-order valence-electron chi connectivity index (χ3n) is 14.5. The molecule has 354 valence electrons. The number of hydrogen-bond donors (Lipinski definition) is 2. The average molecular weight is 953 g/mol. The number of hydrogen-bond acceptors (Lipinski definition) is 10. The van der Waals surface area contributed by atoms with Crippen LogP contribution in [0.3, 0.4) is 0 Å². The van der Waals surface area contributed by atoms with Crippen molar-refractivity contribution >= 4 is 50.0 Å². The van der Waals surface area contributed by atoms with Gasteiger partial charge in [-0.05, 0) is 117 Å². The van der Waals surface area contributed by atoms with E-state index in [-0.39, 0.29) is 46.8 Å². The molecule has 3 aromatic carbocycles. The van der Waals surface area contributed by atoms with Crippen LogP contribution in [0.2, 0.25) is 5.02 Å². The Hall–Kier alpha value is -3.83. The molecule has 1 aliphatic carbocycles. The highest BCUT2D eigenvalue weighted by atomic mass is 35.5. The molecule has 0 aromatic heterocycles. The number of fused-ring (bicyclic) bond motifs is 3. The van der Waals surface area contributed by atoms with Gasteiger partial charge in [-0.1, -0.05) is 54.9 Å². The van der Waals surface area contributed by atoms with E-state index in [9.17, 15) is 26.8 Å². The summed E-state index contributed by atoms with van der Waals surface area (Å²) in [4.78, 5) is 35.4. The van der Waals surface area contributed by atoms with Crippen LogP contribution in [0, 0.1) is 17.8 Å². The van der Waals surface area contributed by atoms with E-state index < -0.39 is 37.7 Å². The minimum atomic E-state index is -3.58. The molecule has 0 bridgehead atoms. The fourth-order valence-electron chi connectivity index (χ4n) is 10.1. The van der Waals surface area contributed by atoms with Crippen molar-refractivity contribution in [3.05, 3.63) is 101 Å². The number of benzene rings is 3. The number of methoxy groups -OCH3 is 1. The molecule has 1 saturated carbocycles. The molecule has 4 unspecified atom stereocenters. The molecule has 3 aliphatic heterocycles. The largest absolute Gasteiger partial charge is 0.487 e. The van der Waals surface area contributed by atoms with Crippen LogP contribution in [0.1, 0.15) is 73.9 Å². The highest BCUT2D eigenvalue weighted by Gasteiger charge is 2.49. The van der Waals surface area contributed by atoms with Gasteiger partial charge in [-0.15, -0.1) is 0 Å². The topological polar surface area (TPSA) is 163 Å². The van der Waals surface area contributed by atoms with Gasteiger partial charge in [0.25, 0.3) is 0 Å². The van der Waals surface area contributed by atoms with E-state index >= 15 is 0 Å². The highest BCUT2D eigenvalue weighted by Crippen LogP contribution is 2.47. The molecule has 65 heavy (non-hydrogen) atoms. The minimum absolute atomic E-state index is 0.0305. The number of nitrogens with two attached hydrogens (primary N) is 1. The molecule has 2 saturated heterocycles. The minimum Gasteiger partial charge on any atom is -0.487 e. The van der Waals surface area contributed by atoms with E-state index in [4.69, 9.17) is 26.8 Å². The maximum atomic E-state index is 13.5. The Bertz CT molecular complexity index is 2300. The van der Waals surface area contributed by atoms with Crippen LogP contribution < -0.4 is 15.4 Å². The number of piperazine rings is 2. The van der Waals surface area contributed by atoms with Gasteiger partial charge in [-0.2, -0.15) is 0 Å². The molecule has 7 rings (SSSR count). The van der Waals surface area contributed by atoms with Gasteiger partial charge in [0.15, 0.2) is 20.9 Å². The summed E-state index contributed by atoms with van der Waals surface area (Å²) in [6.45, 7) is 10.5. The van der Waals surface area contributed by atoms with Gasteiger partial charge in [0.2, 0.25) is 11.8 Å². The number of halogens is 1. The first-order chi connectivity index (χ1) is 31.2. The number of carbonyl (C=O) groups is 2. The third-order valence-corrected chi connectivity index (χ3v) is 17.5. The molecule has 7 atom stereocenters. The number of rotatable bonds is 16. The molecule has 3 fully saturated rings. The number of sulfone groups is 1. The molecule has 4 aliphatic rings. The molecular formula is C49H66ClN5O8S2. The molecule has 16 heteroatoms. The Balaban J connectivity index is 1.10. The van der Waals surface area contributed by atoms with Crippen LogP contribution in [0.5, 0.6) is 5.75 Å². The second kappa shape index (κ2) is 21.9. The van der Waals surface area contributed by atoms with Crippen molar-refractivity contribution in [2.24, 2.45) is 23.5 Å². The zero-order valence-electron chi connectivity index (χ0n) is 38.0. The predicted molar refractivity (Wildman–Crippen MR) is 256 cm³/mol. The van der Waals surface area contributed by atoms with Crippen LogP contribution in [0.25, 0.3) is 0 Å². The highest BCUT2D eigenvalue weighted by molar-refractivity contribution is 7.91. The maximum Gasteiger partial charge on any atom is 0.248 e. The molecule has 0 spiro atoms.